The summed E-state index contributed by atoms with van der Waals surface area (Å²) in [5, 5.41) is 2.79. The topological polar surface area (TPSA) is 81.4 Å². The molecule has 108 valence electrons. The first-order chi connectivity index (χ1) is 9.41. The van der Waals surface area contributed by atoms with Crippen LogP contribution in [0, 0.1) is 11.3 Å². The van der Waals surface area contributed by atoms with Crippen molar-refractivity contribution in [3.8, 4) is 0 Å². The number of ether oxygens (including phenoxy) is 1. The Kier molecular flexibility index (Phi) is 3.97. The van der Waals surface area contributed by atoms with Crippen LogP contribution in [0.2, 0.25) is 0 Å². The van der Waals surface area contributed by atoms with Gasteiger partial charge < -0.3 is 15.8 Å². The van der Waals surface area contributed by atoms with Gasteiger partial charge in [0.25, 0.3) is 0 Å². The lowest BCUT2D eigenvalue weighted by Gasteiger charge is -2.50. The fourth-order valence-electron chi connectivity index (χ4n) is 2.56. The summed E-state index contributed by atoms with van der Waals surface area (Å²) < 4.78 is 5.16. The molecule has 3 N–H and O–H groups in total. The normalized spacial score (nSPS) is 23.5. The average molecular weight is 276 g/mol. The summed E-state index contributed by atoms with van der Waals surface area (Å²) >= 11 is 0. The monoisotopic (exact) mass is 276 g/mol. The minimum Gasteiger partial charge on any atom is -0.445 e. The lowest BCUT2D eigenvalue weighted by molar-refractivity contribution is -0.133. The van der Waals surface area contributed by atoms with Gasteiger partial charge in [0, 0.05) is 12.0 Å². The van der Waals surface area contributed by atoms with E-state index >= 15 is 0 Å². The van der Waals surface area contributed by atoms with Crippen LogP contribution in [0.4, 0.5) is 4.79 Å². The molecule has 0 bridgehead atoms. The fourth-order valence-corrected chi connectivity index (χ4v) is 2.56. The number of rotatable bonds is 4. The second kappa shape index (κ2) is 5.53. The van der Waals surface area contributed by atoms with Crippen LogP contribution in [0.3, 0.4) is 0 Å². The van der Waals surface area contributed by atoms with Crippen molar-refractivity contribution < 1.29 is 14.3 Å². The zero-order valence-corrected chi connectivity index (χ0v) is 11.8. The van der Waals surface area contributed by atoms with Crippen molar-refractivity contribution >= 4 is 12.0 Å². The summed E-state index contributed by atoms with van der Waals surface area (Å²) in [6.07, 6.45) is 0.109. The molecule has 0 saturated heterocycles. The Morgan fingerprint density at radius 3 is 2.55 bits per heavy atom. The first-order valence-corrected chi connectivity index (χ1v) is 6.68. The van der Waals surface area contributed by atoms with Crippen molar-refractivity contribution in [1.82, 2.24) is 5.32 Å². The van der Waals surface area contributed by atoms with E-state index in [9.17, 15) is 9.59 Å². The molecule has 2 rings (SSSR count). The molecule has 0 unspecified atom stereocenters. The molecule has 1 fully saturated rings. The van der Waals surface area contributed by atoms with Crippen LogP contribution in [-0.4, -0.2) is 18.0 Å². The van der Waals surface area contributed by atoms with E-state index < -0.39 is 6.09 Å². The number of carbonyl (C=O) groups is 2. The van der Waals surface area contributed by atoms with E-state index in [0.717, 1.165) is 5.56 Å². The third-order valence-corrected chi connectivity index (χ3v) is 4.12. The molecule has 0 radical (unpaired) electrons. The molecule has 0 aromatic heterocycles. The number of nitrogens with one attached hydrogen (secondary N) is 1. The maximum Gasteiger partial charge on any atom is 0.407 e. The zero-order valence-electron chi connectivity index (χ0n) is 11.8. The van der Waals surface area contributed by atoms with Crippen molar-refractivity contribution in [2.24, 2.45) is 17.1 Å². The number of hydrogen-bond acceptors (Lipinski definition) is 3. The van der Waals surface area contributed by atoms with E-state index in [-0.39, 0.29) is 29.9 Å². The van der Waals surface area contributed by atoms with Gasteiger partial charge in [-0.25, -0.2) is 4.79 Å². The van der Waals surface area contributed by atoms with Gasteiger partial charge >= 0.3 is 6.09 Å². The molecule has 0 aliphatic heterocycles. The predicted octanol–water partition coefficient (Wildman–Crippen LogP) is 1.81. The first kappa shape index (κ1) is 14.4. The summed E-state index contributed by atoms with van der Waals surface area (Å²) in [6.45, 7) is 4.08. The standard InChI is InChI=1S/C15H20N2O3/c1-15(2)11(13(16)18)8-12(15)17-14(19)20-9-10-6-4-3-5-7-10/h3-7,11-12H,8-9H2,1-2H3,(H2,16,18)(H,17,19)/t11-,12-/m1/s1. The molecule has 0 spiro atoms. The smallest absolute Gasteiger partial charge is 0.407 e. The third-order valence-electron chi connectivity index (χ3n) is 4.12. The number of nitrogens with two attached hydrogens (primary N) is 1. The van der Waals surface area contributed by atoms with Gasteiger partial charge in [0.2, 0.25) is 5.91 Å². The van der Waals surface area contributed by atoms with Crippen LogP contribution in [0.5, 0.6) is 0 Å². The molecular formula is C15H20N2O3. The molecule has 1 aliphatic carbocycles. The minimum atomic E-state index is -0.463. The average Bonchev–Trinajstić information content (AvgIpc) is 2.41. The molecule has 5 heteroatoms. The summed E-state index contributed by atoms with van der Waals surface area (Å²) in [5.74, 6) is -0.507. The van der Waals surface area contributed by atoms with E-state index in [0.29, 0.717) is 6.42 Å². The minimum absolute atomic E-state index is 0.0803. The molecule has 2 atom stereocenters. The van der Waals surface area contributed by atoms with E-state index in [1.54, 1.807) is 0 Å². The van der Waals surface area contributed by atoms with Crippen molar-refractivity contribution in [3.63, 3.8) is 0 Å². The Bertz CT molecular complexity index is 499. The Balaban J connectivity index is 1.80. The van der Waals surface area contributed by atoms with Gasteiger partial charge in [-0.15, -0.1) is 0 Å². The highest BCUT2D eigenvalue weighted by atomic mass is 16.5. The molecule has 20 heavy (non-hydrogen) atoms. The number of carbonyl (C=O) groups excluding carboxylic acids is 2. The predicted molar refractivity (Wildman–Crippen MR) is 74.6 cm³/mol. The Labute approximate surface area is 118 Å². The van der Waals surface area contributed by atoms with Crippen LogP contribution in [0.1, 0.15) is 25.8 Å². The van der Waals surface area contributed by atoms with E-state index in [1.807, 2.05) is 44.2 Å². The van der Waals surface area contributed by atoms with E-state index in [1.165, 1.54) is 0 Å². The Morgan fingerprint density at radius 2 is 2.00 bits per heavy atom. The second-order valence-electron chi connectivity index (χ2n) is 5.77. The Hall–Kier alpha value is -2.04. The highest BCUT2D eigenvalue weighted by molar-refractivity contribution is 5.79. The largest absolute Gasteiger partial charge is 0.445 e. The molecule has 1 saturated carbocycles. The van der Waals surface area contributed by atoms with Gasteiger partial charge in [-0.3, -0.25) is 4.79 Å². The van der Waals surface area contributed by atoms with Crippen LogP contribution < -0.4 is 11.1 Å². The van der Waals surface area contributed by atoms with Crippen molar-refractivity contribution in [2.45, 2.75) is 32.9 Å². The maximum atomic E-state index is 11.7. The van der Waals surface area contributed by atoms with Gasteiger partial charge in [-0.2, -0.15) is 0 Å². The molecule has 1 aromatic carbocycles. The maximum absolute atomic E-state index is 11.7. The molecule has 5 nitrogen and oxygen atoms in total. The van der Waals surface area contributed by atoms with Crippen LogP contribution in [0.15, 0.2) is 30.3 Å². The molecule has 1 aliphatic rings. The summed E-state index contributed by atoms with van der Waals surface area (Å²) in [7, 11) is 0. The van der Waals surface area contributed by atoms with Gasteiger partial charge in [-0.05, 0) is 17.4 Å². The van der Waals surface area contributed by atoms with Gasteiger partial charge in [0.05, 0.1) is 0 Å². The van der Waals surface area contributed by atoms with Gasteiger partial charge in [0.15, 0.2) is 0 Å². The van der Waals surface area contributed by atoms with Crippen LogP contribution in [-0.2, 0) is 16.1 Å². The highest BCUT2D eigenvalue weighted by Gasteiger charge is 2.51. The lowest BCUT2D eigenvalue weighted by Crippen LogP contribution is -2.61. The fraction of sp³-hybridized carbons (Fsp3) is 0.467. The first-order valence-electron chi connectivity index (χ1n) is 6.68. The van der Waals surface area contributed by atoms with Crippen LogP contribution in [0.25, 0.3) is 0 Å². The molecule has 1 aromatic rings. The number of hydrogen-bond donors (Lipinski definition) is 2. The SMILES string of the molecule is CC1(C)[C@@H](C(N)=O)C[C@H]1NC(=O)OCc1ccccc1. The number of benzene rings is 1. The van der Waals surface area contributed by atoms with Crippen molar-refractivity contribution in [2.75, 3.05) is 0 Å². The number of alkyl carbamates (subject to hydrolysis) is 1. The Morgan fingerprint density at radius 1 is 1.35 bits per heavy atom. The number of amides is 2. The lowest BCUT2D eigenvalue weighted by atomic mass is 9.58. The van der Waals surface area contributed by atoms with Gasteiger partial charge in [-0.1, -0.05) is 44.2 Å². The quantitative estimate of drug-likeness (QED) is 0.880. The molecule has 0 heterocycles. The van der Waals surface area contributed by atoms with E-state index in [2.05, 4.69) is 5.32 Å². The number of primary amides is 1. The van der Waals surface area contributed by atoms with Crippen molar-refractivity contribution in [1.29, 1.82) is 0 Å². The summed E-state index contributed by atoms with van der Waals surface area (Å²) in [4.78, 5) is 23.0. The highest BCUT2D eigenvalue weighted by Crippen LogP contribution is 2.45. The molecule has 2 amide bonds. The summed E-state index contributed by atoms with van der Waals surface area (Å²) in [5.41, 5.74) is 5.93. The van der Waals surface area contributed by atoms with E-state index in [4.69, 9.17) is 10.5 Å². The molecular weight excluding hydrogens is 256 g/mol. The third kappa shape index (κ3) is 2.92. The second-order valence-corrected chi connectivity index (χ2v) is 5.77. The zero-order chi connectivity index (χ0) is 14.8. The van der Waals surface area contributed by atoms with Crippen molar-refractivity contribution in [3.05, 3.63) is 35.9 Å². The van der Waals surface area contributed by atoms with Crippen LogP contribution >= 0.6 is 0 Å². The summed E-state index contributed by atoms with van der Waals surface area (Å²) in [6, 6.07) is 9.40. The van der Waals surface area contributed by atoms with Gasteiger partial charge in [0.1, 0.15) is 6.61 Å².